The van der Waals surface area contributed by atoms with Crippen molar-refractivity contribution < 1.29 is 23.4 Å². The Kier molecular flexibility index (Phi) is 6.36. The molecule has 0 radical (unpaired) electrons. The van der Waals surface area contributed by atoms with E-state index in [-0.39, 0.29) is 5.11 Å². The molecule has 0 bridgehead atoms. The fraction of sp³-hybridized carbons (Fsp3) is 0.130. The van der Waals surface area contributed by atoms with Crippen molar-refractivity contribution in [2.75, 3.05) is 26.6 Å². The first-order valence-corrected chi connectivity index (χ1v) is 10.2. The van der Waals surface area contributed by atoms with Crippen LogP contribution < -0.4 is 24.8 Å². The standard InChI is InChI=1S/C23H20N4O5S/c1-29-17-11-14(12-18(30-2)19(17)31-3)21(28)27-23(33)25-15-7-4-6-13(10-15)22-26-20-16(32-22)8-5-9-24-20/h4-12H,1-3H3,(H2,25,27,28,33). The van der Waals surface area contributed by atoms with Gasteiger partial charge < -0.3 is 23.9 Å². The highest BCUT2D eigenvalue weighted by Crippen LogP contribution is 2.38. The number of carbonyl (C=O) groups is 1. The number of hydrogen-bond donors (Lipinski definition) is 2. The number of aromatic nitrogens is 2. The number of methoxy groups -OCH3 is 3. The van der Waals surface area contributed by atoms with Gasteiger partial charge in [0.05, 0.1) is 21.3 Å². The van der Waals surface area contributed by atoms with E-state index >= 15 is 0 Å². The van der Waals surface area contributed by atoms with Crippen molar-refractivity contribution in [3.05, 3.63) is 60.3 Å². The molecule has 0 aliphatic heterocycles. The van der Waals surface area contributed by atoms with Crippen molar-refractivity contribution in [2.24, 2.45) is 0 Å². The number of rotatable bonds is 6. The molecule has 10 heteroatoms. The summed E-state index contributed by atoms with van der Waals surface area (Å²) in [5.74, 6) is 1.11. The van der Waals surface area contributed by atoms with Crippen molar-refractivity contribution in [3.8, 4) is 28.7 Å². The topological polar surface area (TPSA) is 108 Å². The summed E-state index contributed by atoms with van der Waals surface area (Å²) < 4.78 is 21.6. The number of thiocarbonyl (C=S) groups is 1. The summed E-state index contributed by atoms with van der Waals surface area (Å²) in [6.45, 7) is 0. The average Bonchev–Trinajstić information content (AvgIpc) is 3.27. The van der Waals surface area contributed by atoms with E-state index in [0.29, 0.717) is 45.6 Å². The normalized spacial score (nSPS) is 10.5. The van der Waals surface area contributed by atoms with Gasteiger partial charge in [-0.1, -0.05) is 6.07 Å². The molecular formula is C23H20N4O5S. The van der Waals surface area contributed by atoms with Crippen molar-refractivity contribution in [1.82, 2.24) is 15.3 Å². The summed E-state index contributed by atoms with van der Waals surface area (Å²) in [5, 5.41) is 5.76. The summed E-state index contributed by atoms with van der Waals surface area (Å²) >= 11 is 5.32. The Morgan fingerprint density at radius 3 is 2.42 bits per heavy atom. The summed E-state index contributed by atoms with van der Waals surface area (Å²) in [6, 6.07) is 14.0. The van der Waals surface area contributed by atoms with Crippen LogP contribution in [0.25, 0.3) is 22.7 Å². The molecule has 0 fully saturated rings. The van der Waals surface area contributed by atoms with Crippen molar-refractivity contribution in [3.63, 3.8) is 0 Å². The fourth-order valence-corrected chi connectivity index (χ4v) is 3.38. The van der Waals surface area contributed by atoms with Gasteiger partial charge in [-0.05, 0) is 54.7 Å². The van der Waals surface area contributed by atoms with Gasteiger partial charge in [0, 0.05) is 23.0 Å². The number of benzene rings is 2. The molecule has 1 amide bonds. The molecule has 0 saturated carbocycles. The van der Waals surface area contributed by atoms with E-state index in [4.69, 9.17) is 30.8 Å². The molecule has 0 aliphatic rings. The van der Waals surface area contributed by atoms with Crippen LogP contribution in [0.15, 0.2) is 59.1 Å². The van der Waals surface area contributed by atoms with Crippen molar-refractivity contribution >= 4 is 40.2 Å². The highest BCUT2D eigenvalue weighted by Gasteiger charge is 2.18. The Morgan fingerprint density at radius 2 is 1.76 bits per heavy atom. The summed E-state index contributed by atoms with van der Waals surface area (Å²) in [5.41, 5.74) is 2.80. The van der Waals surface area contributed by atoms with Gasteiger partial charge in [0.15, 0.2) is 27.8 Å². The molecule has 9 nitrogen and oxygen atoms in total. The lowest BCUT2D eigenvalue weighted by atomic mass is 10.1. The quantitative estimate of drug-likeness (QED) is 0.409. The second-order valence-corrected chi connectivity index (χ2v) is 7.16. The molecule has 4 rings (SSSR count). The zero-order valence-electron chi connectivity index (χ0n) is 18.0. The maximum atomic E-state index is 12.7. The monoisotopic (exact) mass is 464 g/mol. The number of nitrogens with one attached hydrogen (secondary N) is 2. The molecule has 2 aromatic carbocycles. The number of anilines is 1. The number of fused-ring (bicyclic) bond motifs is 1. The molecule has 4 aromatic rings. The first-order valence-electron chi connectivity index (χ1n) is 9.76. The van der Waals surface area contributed by atoms with Crippen LogP contribution in [0.5, 0.6) is 17.2 Å². The zero-order valence-corrected chi connectivity index (χ0v) is 18.9. The Morgan fingerprint density at radius 1 is 1.00 bits per heavy atom. The Hall–Kier alpha value is -4.18. The summed E-state index contributed by atoms with van der Waals surface area (Å²) in [6.07, 6.45) is 1.65. The molecule has 2 aromatic heterocycles. The maximum absolute atomic E-state index is 12.7. The first-order chi connectivity index (χ1) is 16.0. The lowest BCUT2D eigenvalue weighted by Gasteiger charge is -2.14. The number of pyridine rings is 1. The molecule has 0 atom stereocenters. The van der Waals surface area contributed by atoms with E-state index in [1.807, 2.05) is 24.3 Å². The SMILES string of the molecule is COc1cc(C(=O)NC(=S)Nc2cccc(-c3nc4ncccc4o3)c2)cc(OC)c1OC. The lowest BCUT2D eigenvalue weighted by molar-refractivity contribution is 0.0977. The average molecular weight is 465 g/mol. The molecule has 33 heavy (non-hydrogen) atoms. The summed E-state index contributed by atoms with van der Waals surface area (Å²) in [4.78, 5) is 21.3. The molecule has 2 N–H and O–H groups in total. The highest BCUT2D eigenvalue weighted by atomic mass is 32.1. The van der Waals surface area contributed by atoms with Crippen molar-refractivity contribution in [2.45, 2.75) is 0 Å². The maximum Gasteiger partial charge on any atom is 0.257 e. The van der Waals surface area contributed by atoms with Crippen LogP contribution in [0.2, 0.25) is 0 Å². The van der Waals surface area contributed by atoms with E-state index in [2.05, 4.69) is 20.6 Å². The minimum absolute atomic E-state index is 0.116. The van der Waals surface area contributed by atoms with Gasteiger partial charge in [0.2, 0.25) is 11.6 Å². The molecule has 2 heterocycles. The minimum atomic E-state index is -0.437. The van der Waals surface area contributed by atoms with Gasteiger partial charge in [0.1, 0.15) is 0 Å². The van der Waals surface area contributed by atoms with Crippen LogP contribution >= 0.6 is 12.2 Å². The van der Waals surface area contributed by atoms with Crippen LogP contribution in [0, 0.1) is 0 Å². The first kappa shape index (κ1) is 22.0. The Labute approximate surface area is 194 Å². The van der Waals surface area contributed by atoms with Crippen LogP contribution in [-0.2, 0) is 0 Å². The molecule has 0 spiro atoms. The van der Waals surface area contributed by atoms with Crippen LogP contribution in [0.4, 0.5) is 5.69 Å². The van der Waals surface area contributed by atoms with E-state index in [9.17, 15) is 4.79 Å². The van der Waals surface area contributed by atoms with Gasteiger partial charge in [-0.3, -0.25) is 10.1 Å². The van der Waals surface area contributed by atoms with Crippen LogP contribution in [-0.4, -0.2) is 42.3 Å². The van der Waals surface area contributed by atoms with Gasteiger partial charge in [-0.25, -0.2) is 4.98 Å². The van der Waals surface area contributed by atoms with E-state index < -0.39 is 5.91 Å². The molecule has 0 saturated heterocycles. The molecule has 0 aliphatic carbocycles. The third kappa shape index (κ3) is 4.70. The predicted octanol–water partition coefficient (Wildman–Crippen LogP) is 4.04. The van der Waals surface area contributed by atoms with E-state index in [1.165, 1.54) is 21.3 Å². The highest BCUT2D eigenvalue weighted by molar-refractivity contribution is 7.80. The number of oxazole rings is 1. The van der Waals surface area contributed by atoms with Gasteiger partial charge in [0.25, 0.3) is 5.91 Å². The fourth-order valence-electron chi connectivity index (χ4n) is 3.17. The number of carbonyl (C=O) groups excluding carboxylic acids is 1. The number of nitrogens with zero attached hydrogens (tertiary/aromatic N) is 2. The second-order valence-electron chi connectivity index (χ2n) is 6.75. The van der Waals surface area contributed by atoms with Crippen LogP contribution in [0.3, 0.4) is 0 Å². The van der Waals surface area contributed by atoms with E-state index in [1.54, 1.807) is 30.5 Å². The molecular weight excluding hydrogens is 444 g/mol. The lowest BCUT2D eigenvalue weighted by Crippen LogP contribution is -2.34. The van der Waals surface area contributed by atoms with Gasteiger partial charge >= 0.3 is 0 Å². The largest absolute Gasteiger partial charge is 0.493 e. The van der Waals surface area contributed by atoms with Crippen LogP contribution in [0.1, 0.15) is 10.4 Å². The number of amides is 1. The number of ether oxygens (including phenoxy) is 3. The molecule has 168 valence electrons. The Balaban J connectivity index is 1.49. The summed E-state index contributed by atoms with van der Waals surface area (Å²) in [7, 11) is 4.45. The smallest absolute Gasteiger partial charge is 0.257 e. The Bertz CT molecular complexity index is 1280. The second kappa shape index (κ2) is 9.53. The van der Waals surface area contributed by atoms with Gasteiger partial charge in [-0.2, -0.15) is 4.98 Å². The number of hydrogen-bond acceptors (Lipinski definition) is 8. The van der Waals surface area contributed by atoms with Crippen molar-refractivity contribution in [1.29, 1.82) is 0 Å². The predicted molar refractivity (Wildman–Crippen MR) is 127 cm³/mol. The molecule has 0 unspecified atom stereocenters. The van der Waals surface area contributed by atoms with Gasteiger partial charge in [-0.15, -0.1) is 0 Å². The van der Waals surface area contributed by atoms with E-state index in [0.717, 1.165) is 5.56 Å². The third-order valence-corrected chi connectivity index (χ3v) is 4.89. The third-order valence-electron chi connectivity index (χ3n) is 4.69. The minimum Gasteiger partial charge on any atom is -0.493 e. The zero-order chi connectivity index (χ0) is 23.4.